The highest BCUT2D eigenvalue weighted by molar-refractivity contribution is 9.11. The van der Waals surface area contributed by atoms with Crippen LogP contribution in [0.2, 0.25) is 5.02 Å². The fourth-order valence-corrected chi connectivity index (χ4v) is 2.38. The van der Waals surface area contributed by atoms with Crippen LogP contribution < -0.4 is 0 Å². The first-order valence-electron chi connectivity index (χ1n) is 2.96. The lowest BCUT2D eigenvalue weighted by Crippen LogP contribution is -1.81. The Balaban J connectivity index is 3.52. The molecule has 0 atom stereocenters. The number of hydrogen-bond donors (Lipinski definition) is 0. The lowest BCUT2D eigenvalue weighted by atomic mass is 10.3. The molecule has 13 heavy (non-hydrogen) atoms. The Hall–Kier alpha value is -0.290. The molecule has 0 saturated carbocycles. The number of nitrogens with zero attached hydrogens (tertiary/aromatic N) is 3. The molecule has 0 amide bonds. The van der Waals surface area contributed by atoms with Gasteiger partial charge in [-0.2, -0.15) is 0 Å². The van der Waals surface area contributed by atoms with Gasteiger partial charge in [0.05, 0.1) is 19.7 Å². The molecule has 0 aliphatic rings. The van der Waals surface area contributed by atoms with Crippen molar-refractivity contribution < 1.29 is 4.39 Å². The van der Waals surface area contributed by atoms with Crippen molar-refractivity contribution >= 4 is 49.1 Å². The van der Waals surface area contributed by atoms with E-state index in [9.17, 15) is 4.39 Å². The molecule has 68 valence electrons. The van der Waals surface area contributed by atoms with Crippen LogP contribution in [0.4, 0.5) is 10.1 Å². The molecule has 0 saturated heterocycles. The molecule has 0 heterocycles. The molecule has 0 fully saturated rings. The first-order chi connectivity index (χ1) is 6.07. The summed E-state index contributed by atoms with van der Waals surface area (Å²) in [4.78, 5) is 2.53. The zero-order chi connectivity index (χ0) is 10.0. The number of hydrogen-bond acceptors (Lipinski definition) is 1. The summed E-state index contributed by atoms with van der Waals surface area (Å²) in [5.41, 5.74) is 8.22. The summed E-state index contributed by atoms with van der Waals surface area (Å²) in [6.45, 7) is 0. The van der Waals surface area contributed by atoms with Crippen molar-refractivity contribution in [2.24, 2.45) is 5.11 Å². The molecule has 1 aromatic rings. The first kappa shape index (κ1) is 10.8. The molecule has 0 N–H and O–H groups in total. The smallest absolute Gasteiger partial charge is 0.152 e. The van der Waals surface area contributed by atoms with E-state index in [0.29, 0.717) is 0 Å². The largest absolute Gasteiger partial charge is 0.204 e. The van der Waals surface area contributed by atoms with Gasteiger partial charge in [0.2, 0.25) is 0 Å². The van der Waals surface area contributed by atoms with Gasteiger partial charge < -0.3 is 0 Å². The Morgan fingerprint density at radius 3 is 2.69 bits per heavy atom. The minimum absolute atomic E-state index is 0.0460. The van der Waals surface area contributed by atoms with Crippen molar-refractivity contribution in [3.05, 3.63) is 36.3 Å². The second-order valence-electron chi connectivity index (χ2n) is 2.01. The SMILES string of the molecule is [N-]=[N+]=Nc1c(Cl)cc(Br)c(F)c1Br. The normalized spacial score (nSPS) is 9.54. The van der Waals surface area contributed by atoms with Crippen LogP contribution in [0.3, 0.4) is 0 Å². The van der Waals surface area contributed by atoms with Crippen LogP contribution in [0, 0.1) is 5.82 Å². The van der Waals surface area contributed by atoms with Crippen LogP contribution >= 0.6 is 43.5 Å². The molecule has 0 aliphatic carbocycles. The maximum Gasteiger partial charge on any atom is 0.152 e. The van der Waals surface area contributed by atoms with Crippen molar-refractivity contribution in [3.63, 3.8) is 0 Å². The molecular weight excluding hydrogens is 328 g/mol. The van der Waals surface area contributed by atoms with Crippen LogP contribution in [0.25, 0.3) is 10.4 Å². The summed E-state index contributed by atoms with van der Waals surface area (Å²) in [7, 11) is 0. The number of halogens is 4. The van der Waals surface area contributed by atoms with Gasteiger partial charge in [0.1, 0.15) is 0 Å². The Labute approximate surface area is 94.8 Å². The van der Waals surface area contributed by atoms with E-state index in [1.54, 1.807) is 0 Å². The molecule has 1 rings (SSSR count). The first-order valence-corrected chi connectivity index (χ1v) is 4.92. The molecule has 0 bridgehead atoms. The van der Waals surface area contributed by atoms with Gasteiger partial charge in [-0.15, -0.1) is 0 Å². The predicted molar refractivity (Wildman–Crippen MR) is 55.6 cm³/mol. The van der Waals surface area contributed by atoms with Crippen LogP contribution in [-0.2, 0) is 0 Å². The molecule has 0 aliphatic heterocycles. The maximum atomic E-state index is 13.2. The Kier molecular flexibility index (Phi) is 3.55. The maximum absolute atomic E-state index is 13.2. The molecule has 0 spiro atoms. The highest BCUT2D eigenvalue weighted by Gasteiger charge is 2.12. The standard InChI is InChI=1S/C6HBr2ClFN3/c7-2-1-3(9)6(12-13-11)4(8)5(2)10/h1H. The topological polar surface area (TPSA) is 48.8 Å². The van der Waals surface area contributed by atoms with Gasteiger partial charge in [0, 0.05) is 4.91 Å². The van der Waals surface area contributed by atoms with Gasteiger partial charge in [-0.05, 0) is 43.5 Å². The second-order valence-corrected chi connectivity index (χ2v) is 4.06. The number of azide groups is 1. The zero-order valence-electron chi connectivity index (χ0n) is 5.93. The van der Waals surface area contributed by atoms with Crippen molar-refractivity contribution in [2.75, 3.05) is 0 Å². The predicted octanol–water partition coefficient (Wildman–Crippen LogP) is 4.95. The van der Waals surface area contributed by atoms with Gasteiger partial charge >= 0.3 is 0 Å². The molecule has 7 heteroatoms. The minimum Gasteiger partial charge on any atom is -0.204 e. The van der Waals surface area contributed by atoms with Crippen LogP contribution in [0.5, 0.6) is 0 Å². The average Bonchev–Trinajstić information content (AvgIpc) is 2.09. The van der Waals surface area contributed by atoms with E-state index in [-0.39, 0.29) is 19.7 Å². The van der Waals surface area contributed by atoms with E-state index in [1.165, 1.54) is 6.07 Å². The fourth-order valence-electron chi connectivity index (χ4n) is 0.693. The quantitative estimate of drug-likeness (QED) is 0.230. The summed E-state index contributed by atoms with van der Waals surface area (Å²) in [6.07, 6.45) is 0. The third-order valence-corrected chi connectivity index (χ3v) is 2.82. The van der Waals surface area contributed by atoms with Gasteiger partial charge in [-0.1, -0.05) is 16.7 Å². The lowest BCUT2D eigenvalue weighted by Gasteiger charge is -2.03. The summed E-state index contributed by atoms with van der Waals surface area (Å²) in [5.74, 6) is -0.549. The lowest BCUT2D eigenvalue weighted by molar-refractivity contribution is 0.615. The summed E-state index contributed by atoms with van der Waals surface area (Å²) < 4.78 is 13.4. The van der Waals surface area contributed by atoms with E-state index >= 15 is 0 Å². The molecule has 0 radical (unpaired) electrons. The van der Waals surface area contributed by atoms with E-state index in [0.717, 1.165) is 0 Å². The summed E-state index contributed by atoms with van der Waals surface area (Å²) in [5, 5.41) is 3.43. The number of benzene rings is 1. The van der Waals surface area contributed by atoms with Crippen LogP contribution in [0.15, 0.2) is 20.1 Å². The third-order valence-electron chi connectivity index (χ3n) is 1.23. The molecule has 1 aromatic carbocycles. The van der Waals surface area contributed by atoms with Crippen LogP contribution in [0.1, 0.15) is 0 Å². The van der Waals surface area contributed by atoms with E-state index in [2.05, 4.69) is 41.9 Å². The summed E-state index contributed by atoms with van der Waals surface area (Å²) >= 11 is 11.6. The highest BCUT2D eigenvalue weighted by atomic mass is 79.9. The van der Waals surface area contributed by atoms with E-state index in [1.807, 2.05) is 0 Å². The van der Waals surface area contributed by atoms with Crippen molar-refractivity contribution in [1.82, 2.24) is 0 Å². The van der Waals surface area contributed by atoms with E-state index in [4.69, 9.17) is 17.1 Å². The minimum atomic E-state index is -0.549. The Morgan fingerprint density at radius 2 is 2.15 bits per heavy atom. The van der Waals surface area contributed by atoms with Gasteiger partial charge in [-0.25, -0.2) is 4.39 Å². The van der Waals surface area contributed by atoms with Crippen molar-refractivity contribution in [3.8, 4) is 0 Å². The van der Waals surface area contributed by atoms with Gasteiger partial charge in [0.25, 0.3) is 0 Å². The Bertz CT molecular complexity index is 403. The van der Waals surface area contributed by atoms with Crippen LogP contribution in [-0.4, -0.2) is 0 Å². The molecule has 0 aromatic heterocycles. The molecular formula is C6HBr2ClFN3. The van der Waals surface area contributed by atoms with Crippen molar-refractivity contribution in [2.45, 2.75) is 0 Å². The third kappa shape index (κ3) is 2.14. The second kappa shape index (κ2) is 4.28. The number of rotatable bonds is 1. The Morgan fingerprint density at radius 1 is 1.54 bits per heavy atom. The van der Waals surface area contributed by atoms with Gasteiger partial charge in [0.15, 0.2) is 5.82 Å². The van der Waals surface area contributed by atoms with Crippen molar-refractivity contribution in [1.29, 1.82) is 0 Å². The zero-order valence-corrected chi connectivity index (χ0v) is 9.86. The molecule has 0 unspecified atom stereocenters. The van der Waals surface area contributed by atoms with Gasteiger partial charge in [-0.3, -0.25) is 0 Å². The average molecular weight is 329 g/mol. The molecule has 3 nitrogen and oxygen atoms in total. The summed E-state index contributed by atoms with van der Waals surface area (Å²) in [6, 6.07) is 1.33. The van der Waals surface area contributed by atoms with E-state index < -0.39 is 5.82 Å². The highest BCUT2D eigenvalue weighted by Crippen LogP contribution is 2.39. The monoisotopic (exact) mass is 327 g/mol. The fraction of sp³-hybridized carbons (Fsp3) is 0.